The Hall–Kier alpha value is -2.54. The number of H-pyrrole nitrogens is 1. The van der Waals surface area contributed by atoms with E-state index < -0.39 is 0 Å². The molecule has 0 bridgehead atoms. The quantitative estimate of drug-likeness (QED) is 0.734. The second-order valence-corrected chi connectivity index (χ2v) is 5.11. The molecule has 3 aromatic heterocycles. The highest BCUT2D eigenvalue weighted by atomic mass is 15.3. The second-order valence-electron chi connectivity index (χ2n) is 5.11. The van der Waals surface area contributed by atoms with Gasteiger partial charge in [-0.2, -0.15) is 5.10 Å². The molecule has 3 aromatic rings. The topological polar surface area (TPSA) is 84.3 Å². The number of fused-ring (bicyclic) bond motifs is 1. The molecular weight excluding hydrogens is 266 g/mol. The molecule has 0 aromatic carbocycles. The minimum atomic E-state index is 0.0511. The number of nitrogens with one attached hydrogen (secondary N) is 2. The fourth-order valence-corrected chi connectivity index (χ4v) is 2.76. The van der Waals surface area contributed by atoms with E-state index in [-0.39, 0.29) is 6.04 Å². The van der Waals surface area contributed by atoms with Crippen LogP contribution in [-0.4, -0.2) is 36.5 Å². The zero-order valence-electron chi connectivity index (χ0n) is 11.6. The summed E-state index contributed by atoms with van der Waals surface area (Å²) >= 11 is 0. The molecule has 0 fully saturated rings. The number of nitrogens with zero attached hydrogens (tertiary/aromatic N) is 5. The van der Waals surface area contributed by atoms with Crippen LogP contribution in [-0.2, 0) is 6.54 Å². The first-order chi connectivity index (χ1) is 10.3. The van der Waals surface area contributed by atoms with Crippen molar-refractivity contribution in [3.05, 3.63) is 47.8 Å². The molecule has 21 heavy (non-hydrogen) atoms. The van der Waals surface area contributed by atoms with Gasteiger partial charge in [-0.15, -0.1) is 10.2 Å². The second kappa shape index (κ2) is 4.78. The summed E-state index contributed by atoms with van der Waals surface area (Å²) in [6.07, 6.45) is 5.40. The molecule has 0 saturated heterocycles. The Morgan fingerprint density at radius 1 is 1.24 bits per heavy atom. The average molecular weight is 281 g/mol. The number of pyridine rings is 1. The fourth-order valence-electron chi connectivity index (χ4n) is 2.76. The van der Waals surface area contributed by atoms with E-state index >= 15 is 0 Å². The summed E-state index contributed by atoms with van der Waals surface area (Å²) in [6, 6.07) is 4.06. The molecule has 1 unspecified atom stereocenters. The highest BCUT2D eigenvalue weighted by Crippen LogP contribution is 2.28. The van der Waals surface area contributed by atoms with Gasteiger partial charge in [0.1, 0.15) is 0 Å². The Labute approximate surface area is 121 Å². The number of rotatable bonds is 2. The first-order valence-corrected chi connectivity index (χ1v) is 6.91. The fraction of sp³-hybridized carbons (Fsp3) is 0.286. The Bertz CT molecular complexity index is 759. The van der Waals surface area contributed by atoms with E-state index in [0.717, 1.165) is 41.6 Å². The minimum Gasteiger partial charge on any atom is -0.308 e. The van der Waals surface area contributed by atoms with E-state index in [2.05, 4.69) is 35.3 Å². The molecule has 1 aliphatic rings. The molecule has 106 valence electrons. The van der Waals surface area contributed by atoms with Crippen molar-refractivity contribution in [1.82, 2.24) is 35.3 Å². The first-order valence-electron chi connectivity index (χ1n) is 6.91. The molecule has 0 radical (unpaired) electrons. The van der Waals surface area contributed by atoms with Gasteiger partial charge in [-0.1, -0.05) is 0 Å². The van der Waals surface area contributed by atoms with Gasteiger partial charge in [0.2, 0.25) is 0 Å². The molecular formula is C14H15N7. The van der Waals surface area contributed by atoms with Crippen LogP contribution in [0, 0.1) is 6.92 Å². The average Bonchev–Trinajstić information content (AvgIpc) is 3.13. The van der Waals surface area contributed by atoms with Crippen molar-refractivity contribution in [1.29, 1.82) is 0 Å². The highest BCUT2D eigenvalue weighted by Gasteiger charge is 2.27. The van der Waals surface area contributed by atoms with Crippen LogP contribution in [0.15, 0.2) is 30.7 Å². The molecule has 0 amide bonds. The van der Waals surface area contributed by atoms with Crippen LogP contribution in [0.5, 0.6) is 0 Å². The Kier molecular flexibility index (Phi) is 2.78. The molecule has 1 aliphatic heterocycles. The van der Waals surface area contributed by atoms with Gasteiger partial charge >= 0.3 is 0 Å². The number of hydrogen-bond acceptors (Lipinski definition) is 5. The largest absolute Gasteiger partial charge is 0.308 e. The van der Waals surface area contributed by atoms with Crippen molar-refractivity contribution in [2.75, 3.05) is 6.54 Å². The van der Waals surface area contributed by atoms with Crippen molar-refractivity contribution in [2.24, 2.45) is 0 Å². The lowest BCUT2D eigenvalue weighted by Gasteiger charge is -2.25. The van der Waals surface area contributed by atoms with Crippen LogP contribution < -0.4 is 5.32 Å². The zero-order chi connectivity index (χ0) is 14.2. The normalized spacial score (nSPS) is 17.7. The van der Waals surface area contributed by atoms with Gasteiger partial charge in [0.25, 0.3) is 0 Å². The molecule has 7 heteroatoms. The van der Waals surface area contributed by atoms with E-state index in [1.165, 1.54) is 0 Å². The van der Waals surface area contributed by atoms with E-state index in [0.29, 0.717) is 0 Å². The van der Waals surface area contributed by atoms with Gasteiger partial charge in [-0.25, -0.2) is 0 Å². The SMILES string of the molecule is Cc1[nH]ncc1-c1nnc2n1CCNC2c1ccncc1. The van der Waals surface area contributed by atoms with Crippen molar-refractivity contribution < 1.29 is 0 Å². The summed E-state index contributed by atoms with van der Waals surface area (Å²) in [5.41, 5.74) is 3.15. The van der Waals surface area contributed by atoms with Gasteiger partial charge in [0.15, 0.2) is 11.6 Å². The summed E-state index contributed by atoms with van der Waals surface area (Å²) < 4.78 is 2.17. The predicted molar refractivity (Wildman–Crippen MR) is 76.4 cm³/mol. The standard InChI is InChI=1S/C14H15N7/c1-9-11(8-17-18-9)13-19-20-14-12(16-6-7-21(13)14)10-2-4-15-5-3-10/h2-5,8,12,16H,6-7H2,1H3,(H,17,18). The smallest absolute Gasteiger partial charge is 0.167 e. The highest BCUT2D eigenvalue weighted by molar-refractivity contribution is 5.57. The molecule has 0 saturated carbocycles. The van der Waals surface area contributed by atoms with Gasteiger partial charge in [0, 0.05) is 31.2 Å². The van der Waals surface area contributed by atoms with Gasteiger partial charge < -0.3 is 9.88 Å². The third-order valence-electron chi connectivity index (χ3n) is 3.83. The van der Waals surface area contributed by atoms with E-state index in [1.807, 2.05) is 19.1 Å². The summed E-state index contributed by atoms with van der Waals surface area (Å²) in [5.74, 6) is 1.81. The van der Waals surface area contributed by atoms with E-state index in [1.54, 1.807) is 18.6 Å². The lowest BCUT2D eigenvalue weighted by Crippen LogP contribution is -2.34. The predicted octanol–water partition coefficient (Wildman–Crippen LogP) is 1.06. The van der Waals surface area contributed by atoms with Gasteiger partial charge in [0.05, 0.1) is 17.8 Å². The van der Waals surface area contributed by atoms with Gasteiger partial charge in [-0.05, 0) is 24.6 Å². The van der Waals surface area contributed by atoms with Crippen molar-refractivity contribution in [3.63, 3.8) is 0 Å². The van der Waals surface area contributed by atoms with Crippen LogP contribution >= 0.6 is 0 Å². The van der Waals surface area contributed by atoms with E-state index in [9.17, 15) is 0 Å². The maximum absolute atomic E-state index is 4.40. The molecule has 4 heterocycles. The maximum Gasteiger partial charge on any atom is 0.167 e. The lowest BCUT2D eigenvalue weighted by molar-refractivity contribution is 0.457. The van der Waals surface area contributed by atoms with Crippen molar-refractivity contribution in [2.45, 2.75) is 19.5 Å². The zero-order valence-corrected chi connectivity index (χ0v) is 11.6. The summed E-state index contributed by atoms with van der Waals surface area (Å²) in [4.78, 5) is 4.07. The number of aromatic amines is 1. The van der Waals surface area contributed by atoms with Crippen LogP contribution in [0.25, 0.3) is 11.4 Å². The molecule has 4 rings (SSSR count). The summed E-state index contributed by atoms with van der Waals surface area (Å²) in [6.45, 7) is 3.72. The van der Waals surface area contributed by atoms with Crippen LogP contribution in [0.3, 0.4) is 0 Å². The summed E-state index contributed by atoms with van der Waals surface area (Å²) in [5, 5.41) is 19.3. The summed E-state index contributed by atoms with van der Waals surface area (Å²) in [7, 11) is 0. The van der Waals surface area contributed by atoms with Crippen molar-refractivity contribution >= 4 is 0 Å². The Morgan fingerprint density at radius 2 is 2.10 bits per heavy atom. The molecule has 7 nitrogen and oxygen atoms in total. The van der Waals surface area contributed by atoms with Crippen LogP contribution in [0.4, 0.5) is 0 Å². The van der Waals surface area contributed by atoms with E-state index in [4.69, 9.17) is 0 Å². The number of aryl methyl sites for hydroxylation is 1. The van der Waals surface area contributed by atoms with Crippen LogP contribution in [0.1, 0.15) is 23.1 Å². The number of aromatic nitrogens is 6. The molecule has 1 atom stereocenters. The molecule has 0 aliphatic carbocycles. The van der Waals surface area contributed by atoms with Gasteiger partial charge in [-0.3, -0.25) is 10.1 Å². The molecule has 0 spiro atoms. The third kappa shape index (κ3) is 1.93. The Balaban J connectivity index is 1.81. The monoisotopic (exact) mass is 281 g/mol. The third-order valence-corrected chi connectivity index (χ3v) is 3.83. The number of hydrogen-bond donors (Lipinski definition) is 2. The first kappa shape index (κ1) is 12.2. The minimum absolute atomic E-state index is 0.0511. The van der Waals surface area contributed by atoms with Crippen molar-refractivity contribution in [3.8, 4) is 11.4 Å². The molecule has 2 N–H and O–H groups in total. The van der Waals surface area contributed by atoms with Crippen LogP contribution in [0.2, 0.25) is 0 Å². The Morgan fingerprint density at radius 3 is 2.86 bits per heavy atom. The maximum atomic E-state index is 4.40. The lowest BCUT2D eigenvalue weighted by atomic mass is 10.1.